The summed E-state index contributed by atoms with van der Waals surface area (Å²) in [5, 5.41) is 7.47. The molecular formula is C14H16FN3O. The summed E-state index contributed by atoms with van der Waals surface area (Å²) in [6.45, 7) is 2.44. The van der Waals surface area contributed by atoms with Crippen molar-refractivity contribution in [1.82, 2.24) is 15.1 Å². The Balaban J connectivity index is 1.43. The number of hydrogen-bond donors (Lipinski definition) is 1. The van der Waals surface area contributed by atoms with Gasteiger partial charge in [-0.05, 0) is 24.3 Å². The van der Waals surface area contributed by atoms with Crippen molar-refractivity contribution < 1.29 is 9.13 Å². The zero-order valence-electron chi connectivity index (χ0n) is 10.6. The number of fused-ring (bicyclic) bond motifs is 1. The molecule has 1 aromatic heterocycles. The quantitative estimate of drug-likeness (QED) is 0.831. The third-order valence-electron chi connectivity index (χ3n) is 3.21. The summed E-state index contributed by atoms with van der Waals surface area (Å²) in [5.74, 6) is 0.606. The van der Waals surface area contributed by atoms with Crippen LogP contribution in [-0.4, -0.2) is 29.0 Å². The van der Waals surface area contributed by atoms with Gasteiger partial charge >= 0.3 is 0 Å². The van der Waals surface area contributed by atoms with Crippen molar-refractivity contribution in [2.24, 2.45) is 0 Å². The van der Waals surface area contributed by atoms with E-state index >= 15 is 0 Å². The van der Waals surface area contributed by atoms with Crippen LogP contribution in [0.2, 0.25) is 0 Å². The van der Waals surface area contributed by atoms with Gasteiger partial charge in [-0.2, -0.15) is 5.10 Å². The molecule has 0 saturated carbocycles. The number of halogens is 1. The minimum Gasteiger partial charge on any atom is -0.488 e. The number of nitrogens with one attached hydrogen (secondary N) is 1. The van der Waals surface area contributed by atoms with E-state index in [1.165, 1.54) is 6.07 Å². The highest BCUT2D eigenvalue weighted by Crippen LogP contribution is 2.28. The predicted molar refractivity (Wildman–Crippen MR) is 69.6 cm³/mol. The first-order chi connectivity index (χ1) is 9.31. The lowest BCUT2D eigenvalue weighted by atomic mass is 10.1. The number of hydrogen-bond acceptors (Lipinski definition) is 3. The minimum absolute atomic E-state index is 0.0921. The number of nitrogens with zero attached hydrogens (tertiary/aromatic N) is 2. The van der Waals surface area contributed by atoms with Gasteiger partial charge in [0.15, 0.2) is 0 Å². The minimum atomic E-state index is -0.199. The molecule has 1 N–H and O–H groups in total. The highest BCUT2D eigenvalue weighted by molar-refractivity contribution is 5.37. The van der Waals surface area contributed by atoms with Crippen LogP contribution >= 0.6 is 0 Å². The zero-order valence-corrected chi connectivity index (χ0v) is 10.6. The van der Waals surface area contributed by atoms with E-state index in [-0.39, 0.29) is 11.9 Å². The Morgan fingerprint density at radius 1 is 1.47 bits per heavy atom. The lowest BCUT2D eigenvalue weighted by Gasteiger charge is -2.11. The van der Waals surface area contributed by atoms with Gasteiger partial charge in [0, 0.05) is 37.5 Å². The molecular weight excluding hydrogens is 245 g/mol. The topological polar surface area (TPSA) is 39.1 Å². The van der Waals surface area contributed by atoms with Crippen molar-refractivity contribution in [3.63, 3.8) is 0 Å². The lowest BCUT2D eigenvalue weighted by molar-refractivity contribution is 0.227. The van der Waals surface area contributed by atoms with Crippen LogP contribution in [0.5, 0.6) is 5.75 Å². The molecule has 1 aliphatic heterocycles. The molecule has 1 aromatic carbocycles. The van der Waals surface area contributed by atoms with Crippen molar-refractivity contribution >= 4 is 0 Å². The summed E-state index contributed by atoms with van der Waals surface area (Å²) in [6.07, 6.45) is 4.56. The van der Waals surface area contributed by atoms with Crippen molar-refractivity contribution in [3.8, 4) is 5.75 Å². The Bertz CT molecular complexity index is 542. The monoisotopic (exact) mass is 261 g/mol. The van der Waals surface area contributed by atoms with Gasteiger partial charge in [-0.3, -0.25) is 4.68 Å². The van der Waals surface area contributed by atoms with E-state index < -0.39 is 0 Å². The maximum atomic E-state index is 13.1. The molecule has 2 heterocycles. The first kappa shape index (κ1) is 12.2. The van der Waals surface area contributed by atoms with Gasteiger partial charge in [0.25, 0.3) is 0 Å². The van der Waals surface area contributed by atoms with Crippen LogP contribution in [0.1, 0.15) is 5.56 Å². The Kier molecular flexibility index (Phi) is 3.46. The summed E-state index contributed by atoms with van der Waals surface area (Å²) in [5.41, 5.74) is 0.957. The zero-order chi connectivity index (χ0) is 13.1. The van der Waals surface area contributed by atoms with Crippen molar-refractivity contribution in [1.29, 1.82) is 0 Å². The largest absolute Gasteiger partial charge is 0.488 e. The van der Waals surface area contributed by atoms with Crippen molar-refractivity contribution in [3.05, 3.63) is 48.0 Å². The van der Waals surface area contributed by atoms with Gasteiger partial charge in [0.1, 0.15) is 17.7 Å². The molecule has 1 unspecified atom stereocenters. The normalized spacial score (nSPS) is 17.2. The molecule has 0 bridgehead atoms. The molecule has 1 aliphatic rings. The third-order valence-corrected chi connectivity index (χ3v) is 3.21. The molecule has 100 valence electrons. The number of rotatable bonds is 5. The van der Waals surface area contributed by atoms with Crippen molar-refractivity contribution in [2.45, 2.75) is 19.1 Å². The molecule has 0 amide bonds. The smallest absolute Gasteiger partial charge is 0.123 e. The average molecular weight is 261 g/mol. The molecule has 0 spiro atoms. The van der Waals surface area contributed by atoms with E-state index in [0.717, 1.165) is 37.4 Å². The van der Waals surface area contributed by atoms with E-state index in [1.54, 1.807) is 18.3 Å². The average Bonchev–Trinajstić information content (AvgIpc) is 3.02. The standard InChI is InChI=1S/C14H16FN3O/c15-12-2-3-14-11(8-12)9-13(19-14)10-16-5-7-18-6-1-4-17-18/h1-4,6,8,13,16H,5,7,9-10H2. The van der Waals surface area contributed by atoms with Gasteiger partial charge in [-0.25, -0.2) is 4.39 Å². The Hall–Kier alpha value is -1.88. The molecule has 0 saturated heterocycles. The molecule has 0 aliphatic carbocycles. The van der Waals surface area contributed by atoms with Crippen LogP contribution in [0, 0.1) is 5.82 Å². The third kappa shape index (κ3) is 2.93. The van der Waals surface area contributed by atoms with E-state index in [0.29, 0.717) is 0 Å². The summed E-state index contributed by atoms with van der Waals surface area (Å²) in [7, 11) is 0. The van der Waals surface area contributed by atoms with Crippen LogP contribution < -0.4 is 10.1 Å². The fourth-order valence-corrected chi connectivity index (χ4v) is 2.29. The molecule has 3 rings (SSSR count). The summed E-state index contributed by atoms with van der Waals surface area (Å²) < 4.78 is 20.7. The van der Waals surface area contributed by atoms with Gasteiger partial charge in [-0.15, -0.1) is 0 Å². The first-order valence-corrected chi connectivity index (χ1v) is 6.44. The maximum absolute atomic E-state index is 13.1. The van der Waals surface area contributed by atoms with Crippen LogP contribution in [0.4, 0.5) is 4.39 Å². The van der Waals surface area contributed by atoms with Crippen molar-refractivity contribution in [2.75, 3.05) is 13.1 Å². The number of aromatic nitrogens is 2. The van der Waals surface area contributed by atoms with Crippen LogP contribution in [-0.2, 0) is 13.0 Å². The van der Waals surface area contributed by atoms with Crippen LogP contribution in [0.25, 0.3) is 0 Å². The fourth-order valence-electron chi connectivity index (χ4n) is 2.29. The van der Waals surface area contributed by atoms with E-state index in [1.807, 2.05) is 16.9 Å². The molecule has 5 heteroatoms. The Labute approximate surface area is 111 Å². The van der Waals surface area contributed by atoms with Gasteiger partial charge in [-0.1, -0.05) is 0 Å². The van der Waals surface area contributed by atoms with Crippen LogP contribution in [0.15, 0.2) is 36.7 Å². The van der Waals surface area contributed by atoms with E-state index in [4.69, 9.17) is 4.74 Å². The van der Waals surface area contributed by atoms with Crippen LogP contribution in [0.3, 0.4) is 0 Å². The van der Waals surface area contributed by atoms with Gasteiger partial charge in [0.2, 0.25) is 0 Å². The molecule has 19 heavy (non-hydrogen) atoms. The highest BCUT2D eigenvalue weighted by Gasteiger charge is 2.22. The fraction of sp³-hybridized carbons (Fsp3) is 0.357. The Morgan fingerprint density at radius 3 is 3.26 bits per heavy atom. The van der Waals surface area contributed by atoms with E-state index in [9.17, 15) is 4.39 Å². The maximum Gasteiger partial charge on any atom is 0.123 e. The predicted octanol–water partition coefficient (Wildman–Crippen LogP) is 1.62. The number of ether oxygens (including phenoxy) is 1. The summed E-state index contributed by atoms with van der Waals surface area (Å²) >= 11 is 0. The van der Waals surface area contributed by atoms with Gasteiger partial charge in [0.05, 0.1) is 6.54 Å². The Morgan fingerprint density at radius 2 is 2.42 bits per heavy atom. The first-order valence-electron chi connectivity index (χ1n) is 6.44. The summed E-state index contributed by atoms with van der Waals surface area (Å²) in [6, 6.07) is 6.60. The highest BCUT2D eigenvalue weighted by atomic mass is 19.1. The molecule has 1 atom stereocenters. The van der Waals surface area contributed by atoms with E-state index in [2.05, 4.69) is 10.4 Å². The second kappa shape index (κ2) is 5.40. The number of benzene rings is 1. The molecule has 0 fully saturated rings. The second-order valence-corrected chi connectivity index (χ2v) is 4.67. The molecule has 2 aromatic rings. The second-order valence-electron chi connectivity index (χ2n) is 4.67. The molecule has 0 radical (unpaired) electrons. The molecule has 4 nitrogen and oxygen atoms in total. The summed E-state index contributed by atoms with van der Waals surface area (Å²) in [4.78, 5) is 0. The SMILES string of the molecule is Fc1ccc2c(c1)CC(CNCCn1cccn1)O2. The van der Waals surface area contributed by atoms with Gasteiger partial charge < -0.3 is 10.1 Å². The lowest BCUT2D eigenvalue weighted by Crippen LogP contribution is -2.32.